The van der Waals surface area contributed by atoms with Crippen LogP contribution in [0.15, 0.2) is 47.4 Å². The highest BCUT2D eigenvalue weighted by atomic mass is 32.2. The zero-order chi connectivity index (χ0) is 15.4. The van der Waals surface area contributed by atoms with E-state index in [1.807, 2.05) is 0 Å². The van der Waals surface area contributed by atoms with Gasteiger partial charge in [-0.1, -0.05) is 17.7 Å². The number of carbonyl (C=O) groups is 1. The summed E-state index contributed by atoms with van der Waals surface area (Å²) in [7, 11) is 0. The van der Waals surface area contributed by atoms with E-state index >= 15 is 0 Å². The minimum atomic E-state index is -0.0946. The first kappa shape index (κ1) is 14.8. The van der Waals surface area contributed by atoms with Gasteiger partial charge in [0.1, 0.15) is 0 Å². The third kappa shape index (κ3) is 3.54. The Kier molecular flexibility index (Phi) is 4.53. The standard InChI is InChI=1S/C17H17NO3S/c1-12-2-5-14(6-3-12)22-9-8-18-17(19)13-4-7-15-16(10-13)21-11-20-15/h2-7,10H,8-9,11H2,1H3,(H,18,19). The van der Waals surface area contributed by atoms with Crippen LogP contribution in [0, 0.1) is 6.92 Å². The Bertz CT molecular complexity index is 670. The lowest BCUT2D eigenvalue weighted by Gasteiger charge is -2.06. The van der Waals surface area contributed by atoms with Crippen molar-refractivity contribution in [1.29, 1.82) is 0 Å². The first-order valence-corrected chi connectivity index (χ1v) is 8.08. The maximum atomic E-state index is 12.1. The largest absolute Gasteiger partial charge is 0.454 e. The first-order chi connectivity index (χ1) is 10.7. The number of fused-ring (bicyclic) bond motifs is 1. The van der Waals surface area contributed by atoms with Gasteiger partial charge in [-0.05, 0) is 37.3 Å². The Hall–Kier alpha value is -2.14. The van der Waals surface area contributed by atoms with Gasteiger partial charge >= 0.3 is 0 Å². The SMILES string of the molecule is Cc1ccc(SCCNC(=O)c2ccc3c(c2)OCO3)cc1. The van der Waals surface area contributed by atoms with E-state index in [4.69, 9.17) is 9.47 Å². The molecular weight excluding hydrogens is 298 g/mol. The van der Waals surface area contributed by atoms with Gasteiger partial charge in [0.25, 0.3) is 5.91 Å². The maximum Gasteiger partial charge on any atom is 0.251 e. The van der Waals surface area contributed by atoms with E-state index in [0.29, 0.717) is 23.6 Å². The van der Waals surface area contributed by atoms with E-state index in [-0.39, 0.29) is 12.7 Å². The fraction of sp³-hybridized carbons (Fsp3) is 0.235. The van der Waals surface area contributed by atoms with Gasteiger partial charge in [-0.3, -0.25) is 4.79 Å². The van der Waals surface area contributed by atoms with Crippen molar-refractivity contribution in [2.24, 2.45) is 0 Å². The molecule has 0 unspecified atom stereocenters. The summed E-state index contributed by atoms with van der Waals surface area (Å²) in [5, 5.41) is 2.92. The van der Waals surface area contributed by atoms with Crippen LogP contribution in [0.1, 0.15) is 15.9 Å². The predicted octanol–water partition coefficient (Wildman–Crippen LogP) is 3.25. The molecule has 2 aromatic rings. The molecule has 0 aromatic heterocycles. The van der Waals surface area contributed by atoms with E-state index in [9.17, 15) is 4.79 Å². The van der Waals surface area contributed by atoms with E-state index in [0.717, 1.165) is 5.75 Å². The van der Waals surface area contributed by atoms with Crippen molar-refractivity contribution in [3.63, 3.8) is 0 Å². The number of carbonyl (C=O) groups excluding carboxylic acids is 1. The van der Waals surface area contributed by atoms with Gasteiger partial charge in [-0.25, -0.2) is 0 Å². The molecule has 22 heavy (non-hydrogen) atoms. The number of hydrogen-bond donors (Lipinski definition) is 1. The number of hydrogen-bond acceptors (Lipinski definition) is 4. The average Bonchev–Trinajstić information content (AvgIpc) is 3.00. The number of nitrogens with one attached hydrogen (secondary N) is 1. The second-order valence-corrected chi connectivity index (χ2v) is 6.15. The van der Waals surface area contributed by atoms with Crippen LogP contribution in [-0.2, 0) is 0 Å². The highest BCUT2D eigenvalue weighted by Gasteiger charge is 2.15. The third-order valence-electron chi connectivity index (χ3n) is 3.31. The van der Waals surface area contributed by atoms with Crippen LogP contribution < -0.4 is 14.8 Å². The van der Waals surface area contributed by atoms with Crippen LogP contribution in [0.25, 0.3) is 0 Å². The van der Waals surface area contributed by atoms with E-state index < -0.39 is 0 Å². The van der Waals surface area contributed by atoms with E-state index in [1.54, 1.807) is 30.0 Å². The maximum absolute atomic E-state index is 12.1. The number of benzene rings is 2. The monoisotopic (exact) mass is 315 g/mol. The highest BCUT2D eigenvalue weighted by molar-refractivity contribution is 7.99. The summed E-state index contributed by atoms with van der Waals surface area (Å²) < 4.78 is 10.5. The van der Waals surface area contributed by atoms with Crippen molar-refractivity contribution in [3.8, 4) is 11.5 Å². The molecule has 3 rings (SSSR count). The Morgan fingerprint density at radius 2 is 1.91 bits per heavy atom. The molecule has 5 heteroatoms. The lowest BCUT2D eigenvalue weighted by atomic mass is 10.2. The Balaban J connectivity index is 1.47. The summed E-state index contributed by atoms with van der Waals surface area (Å²) in [6.45, 7) is 2.90. The lowest BCUT2D eigenvalue weighted by molar-refractivity contribution is 0.0955. The van der Waals surface area contributed by atoms with Crippen molar-refractivity contribution in [3.05, 3.63) is 53.6 Å². The van der Waals surface area contributed by atoms with Crippen LogP contribution >= 0.6 is 11.8 Å². The van der Waals surface area contributed by atoms with Crippen LogP contribution in [-0.4, -0.2) is 25.0 Å². The molecule has 0 saturated carbocycles. The molecule has 114 valence electrons. The molecule has 0 fully saturated rings. The van der Waals surface area contributed by atoms with Gasteiger partial charge in [0.05, 0.1) is 0 Å². The van der Waals surface area contributed by atoms with E-state index in [2.05, 4.69) is 36.5 Å². The molecular formula is C17H17NO3S. The molecule has 4 nitrogen and oxygen atoms in total. The van der Waals surface area contributed by atoms with Gasteiger partial charge in [0, 0.05) is 22.8 Å². The molecule has 1 N–H and O–H groups in total. The Morgan fingerprint density at radius 1 is 1.14 bits per heavy atom. The Labute approximate surface area is 133 Å². The normalized spacial score (nSPS) is 12.2. The molecule has 0 atom stereocenters. The van der Waals surface area contributed by atoms with Gasteiger partial charge in [0.15, 0.2) is 11.5 Å². The molecule has 0 bridgehead atoms. The summed E-state index contributed by atoms with van der Waals surface area (Å²) in [4.78, 5) is 13.3. The minimum absolute atomic E-state index is 0.0946. The van der Waals surface area contributed by atoms with Crippen LogP contribution in [0.3, 0.4) is 0 Å². The molecule has 1 aliphatic heterocycles. The molecule has 1 heterocycles. The van der Waals surface area contributed by atoms with Crippen molar-refractivity contribution in [1.82, 2.24) is 5.32 Å². The zero-order valence-electron chi connectivity index (χ0n) is 12.3. The smallest absolute Gasteiger partial charge is 0.251 e. The number of amides is 1. The van der Waals surface area contributed by atoms with Crippen molar-refractivity contribution >= 4 is 17.7 Å². The van der Waals surface area contributed by atoms with Crippen molar-refractivity contribution < 1.29 is 14.3 Å². The molecule has 1 aliphatic rings. The van der Waals surface area contributed by atoms with Gasteiger partial charge in [0.2, 0.25) is 6.79 Å². The van der Waals surface area contributed by atoms with Crippen molar-refractivity contribution in [2.45, 2.75) is 11.8 Å². The second kappa shape index (κ2) is 6.75. The number of rotatable bonds is 5. The average molecular weight is 315 g/mol. The van der Waals surface area contributed by atoms with Gasteiger partial charge in [-0.15, -0.1) is 11.8 Å². The summed E-state index contributed by atoms with van der Waals surface area (Å²) in [5.41, 5.74) is 1.84. The zero-order valence-corrected chi connectivity index (χ0v) is 13.1. The fourth-order valence-corrected chi connectivity index (χ4v) is 2.88. The first-order valence-electron chi connectivity index (χ1n) is 7.10. The minimum Gasteiger partial charge on any atom is -0.454 e. The highest BCUT2D eigenvalue weighted by Crippen LogP contribution is 2.32. The van der Waals surface area contributed by atoms with Crippen molar-refractivity contribution in [2.75, 3.05) is 19.1 Å². The van der Waals surface area contributed by atoms with Crippen LogP contribution in [0.5, 0.6) is 11.5 Å². The summed E-state index contributed by atoms with van der Waals surface area (Å²) in [6, 6.07) is 13.6. The lowest BCUT2D eigenvalue weighted by Crippen LogP contribution is -2.25. The fourth-order valence-electron chi connectivity index (χ4n) is 2.11. The molecule has 0 spiro atoms. The third-order valence-corrected chi connectivity index (χ3v) is 4.33. The number of ether oxygens (including phenoxy) is 2. The van der Waals surface area contributed by atoms with E-state index in [1.165, 1.54) is 10.5 Å². The Morgan fingerprint density at radius 3 is 2.73 bits per heavy atom. The topological polar surface area (TPSA) is 47.6 Å². The van der Waals surface area contributed by atoms with Crippen LogP contribution in [0.4, 0.5) is 0 Å². The number of thioether (sulfide) groups is 1. The molecule has 1 amide bonds. The van der Waals surface area contributed by atoms with Gasteiger partial charge in [-0.2, -0.15) is 0 Å². The van der Waals surface area contributed by atoms with Gasteiger partial charge < -0.3 is 14.8 Å². The second-order valence-electron chi connectivity index (χ2n) is 4.99. The molecule has 0 saturated heterocycles. The summed E-state index contributed by atoms with van der Waals surface area (Å²) in [6.07, 6.45) is 0. The summed E-state index contributed by atoms with van der Waals surface area (Å²) in [5.74, 6) is 2.05. The van der Waals surface area contributed by atoms with Crippen LogP contribution in [0.2, 0.25) is 0 Å². The quantitative estimate of drug-likeness (QED) is 0.680. The molecule has 0 aliphatic carbocycles. The molecule has 2 aromatic carbocycles. The molecule has 0 radical (unpaired) electrons. The predicted molar refractivity (Wildman–Crippen MR) is 86.8 cm³/mol. The number of aryl methyl sites for hydroxylation is 1. The summed E-state index contributed by atoms with van der Waals surface area (Å²) >= 11 is 1.73.